The number of carbonyl (C=O) groups is 2. The molecule has 8 heteroatoms. The summed E-state index contributed by atoms with van der Waals surface area (Å²) in [6.07, 6.45) is 1.24. The topological polar surface area (TPSA) is 77.1 Å². The normalized spacial score (nSPS) is 14.7. The Morgan fingerprint density at radius 1 is 1.19 bits per heavy atom. The summed E-state index contributed by atoms with van der Waals surface area (Å²) in [5.41, 5.74) is 0.903. The molecule has 170 valence electrons. The molecule has 2 aromatic rings. The summed E-state index contributed by atoms with van der Waals surface area (Å²) in [6.45, 7) is 5.08. The third kappa shape index (κ3) is 6.15. The molecule has 0 spiro atoms. The number of nitrogens with one attached hydrogen (secondary N) is 1. The van der Waals surface area contributed by atoms with Gasteiger partial charge in [-0.25, -0.2) is 9.18 Å². The molecule has 7 nitrogen and oxygen atoms in total. The Hall–Kier alpha value is -3.23. The Balaban J connectivity index is 1.86. The Morgan fingerprint density at radius 3 is 2.69 bits per heavy atom. The van der Waals surface area contributed by atoms with Crippen LogP contribution in [-0.4, -0.2) is 56.7 Å². The lowest BCUT2D eigenvalue weighted by molar-refractivity contribution is -0.138. The molecular weight excluding hydrogens is 415 g/mol. The minimum atomic E-state index is -0.828. The van der Waals surface area contributed by atoms with Gasteiger partial charge in [0.2, 0.25) is 5.78 Å². The van der Waals surface area contributed by atoms with Crippen LogP contribution in [0, 0.1) is 5.82 Å². The molecule has 1 aliphatic heterocycles. The summed E-state index contributed by atoms with van der Waals surface area (Å²) in [5.74, 6) is -1.67. The van der Waals surface area contributed by atoms with Gasteiger partial charge in [0.1, 0.15) is 17.1 Å². The number of anilines is 1. The van der Waals surface area contributed by atoms with Crippen molar-refractivity contribution in [2.24, 2.45) is 0 Å². The Bertz CT molecular complexity index is 986. The number of benzene rings is 2. The number of carbonyl (C=O) groups excluding carboxylic acids is 2. The van der Waals surface area contributed by atoms with Gasteiger partial charge in [0.25, 0.3) is 0 Å². The van der Waals surface area contributed by atoms with E-state index in [1.165, 1.54) is 25.4 Å². The summed E-state index contributed by atoms with van der Waals surface area (Å²) in [6, 6.07) is 11.4. The molecule has 0 aliphatic carbocycles. The number of ketones is 1. The van der Waals surface area contributed by atoms with Gasteiger partial charge >= 0.3 is 5.97 Å². The minimum absolute atomic E-state index is 0.0855. The van der Waals surface area contributed by atoms with Crippen LogP contribution in [0.3, 0.4) is 0 Å². The number of nitrogens with zero attached hydrogens (tertiary/aromatic N) is 1. The van der Waals surface area contributed by atoms with Crippen molar-refractivity contribution in [2.45, 2.75) is 13.5 Å². The van der Waals surface area contributed by atoms with Crippen molar-refractivity contribution in [1.82, 2.24) is 4.90 Å². The van der Waals surface area contributed by atoms with Crippen molar-refractivity contribution in [2.75, 3.05) is 45.3 Å². The Kier molecular flexibility index (Phi) is 8.35. The molecule has 0 aromatic heterocycles. The number of esters is 1. The minimum Gasteiger partial charge on any atom is -0.497 e. The monoisotopic (exact) mass is 442 g/mol. The van der Waals surface area contributed by atoms with E-state index in [1.807, 2.05) is 0 Å². The van der Waals surface area contributed by atoms with E-state index >= 15 is 0 Å². The first-order valence-corrected chi connectivity index (χ1v) is 10.4. The summed E-state index contributed by atoms with van der Waals surface area (Å²) in [7, 11) is 1.54. The van der Waals surface area contributed by atoms with E-state index in [0.717, 1.165) is 18.7 Å². The third-order valence-corrected chi connectivity index (χ3v) is 4.98. The van der Waals surface area contributed by atoms with E-state index in [-0.39, 0.29) is 17.7 Å². The predicted octanol–water partition coefficient (Wildman–Crippen LogP) is 3.41. The zero-order valence-corrected chi connectivity index (χ0v) is 18.2. The van der Waals surface area contributed by atoms with Crippen LogP contribution >= 0.6 is 0 Å². The van der Waals surface area contributed by atoms with Gasteiger partial charge < -0.3 is 19.5 Å². The second-order valence-electron chi connectivity index (χ2n) is 7.19. The van der Waals surface area contributed by atoms with Crippen molar-refractivity contribution in [3.8, 4) is 5.75 Å². The van der Waals surface area contributed by atoms with Crippen LogP contribution < -0.4 is 10.1 Å². The van der Waals surface area contributed by atoms with Crippen molar-refractivity contribution in [3.63, 3.8) is 0 Å². The molecule has 1 aliphatic rings. The molecule has 0 atom stereocenters. The van der Waals surface area contributed by atoms with E-state index < -0.39 is 17.6 Å². The number of hydrogen-bond acceptors (Lipinski definition) is 7. The summed E-state index contributed by atoms with van der Waals surface area (Å²) < 4.78 is 30.2. The number of hydrogen-bond donors (Lipinski definition) is 1. The van der Waals surface area contributed by atoms with Crippen LogP contribution in [0.2, 0.25) is 0 Å². The fraction of sp³-hybridized carbons (Fsp3) is 0.333. The molecule has 0 bridgehead atoms. The molecule has 1 heterocycles. The van der Waals surface area contributed by atoms with E-state index in [1.54, 1.807) is 37.3 Å². The average Bonchev–Trinajstić information content (AvgIpc) is 2.81. The van der Waals surface area contributed by atoms with Gasteiger partial charge in [-0.2, -0.15) is 0 Å². The first-order valence-electron chi connectivity index (χ1n) is 10.4. The SMILES string of the molecule is CCOC(=O)C(=CNc1cccc(OC)c1)C(=O)c1cc(CN2CCOCC2)ccc1F. The van der Waals surface area contributed by atoms with Crippen LogP contribution in [0.1, 0.15) is 22.8 Å². The Labute approximate surface area is 186 Å². The molecule has 0 saturated carbocycles. The van der Waals surface area contributed by atoms with Crippen molar-refractivity contribution >= 4 is 17.4 Å². The zero-order valence-electron chi connectivity index (χ0n) is 18.2. The Morgan fingerprint density at radius 2 is 1.97 bits per heavy atom. The zero-order chi connectivity index (χ0) is 22.9. The molecule has 2 aromatic carbocycles. The third-order valence-electron chi connectivity index (χ3n) is 4.98. The molecule has 1 N–H and O–H groups in total. The van der Waals surface area contributed by atoms with Gasteiger partial charge in [-0.15, -0.1) is 0 Å². The lowest BCUT2D eigenvalue weighted by Gasteiger charge is -2.26. The second kappa shape index (κ2) is 11.4. The molecule has 0 radical (unpaired) electrons. The van der Waals surface area contributed by atoms with E-state index in [4.69, 9.17) is 14.2 Å². The summed E-state index contributed by atoms with van der Waals surface area (Å²) in [4.78, 5) is 27.8. The maximum Gasteiger partial charge on any atom is 0.343 e. The van der Waals surface area contributed by atoms with Crippen molar-refractivity contribution in [3.05, 3.63) is 71.2 Å². The van der Waals surface area contributed by atoms with E-state index in [9.17, 15) is 14.0 Å². The maximum absolute atomic E-state index is 14.6. The average molecular weight is 442 g/mol. The van der Waals surface area contributed by atoms with Crippen LogP contribution in [0.4, 0.5) is 10.1 Å². The highest BCUT2D eigenvalue weighted by atomic mass is 19.1. The summed E-state index contributed by atoms with van der Waals surface area (Å²) >= 11 is 0. The van der Waals surface area contributed by atoms with E-state index in [0.29, 0.717) is 31.2 Å². The number of ether oxygens (including phenoxy) is 3. The van der Waals surface area contributed by atoms with Gasteiger partial charge in [0, 0.05) is 37.6 Å². The first-order chi connectivity index (χ1) is 15.5. The molecule has 3 rings (SSSR count). The lowest BCUT2D eigenvalue weighted by atomic mass is 10.0. The highest BCUT2D eigenvalue weighted by Crippen LogP contribution is 2.20. The molecular formula is C24H27FN2O5. The second-order valence-corrected chi connectivity index (χ2v) is 7.19. The van der Waals surface area contributed by atoms with Gasteiger partial charge in [-0.05, 0) is 36.8 Å². The molecule has 32 heavy (non-hydrogen) atoms. The maximum atomic E-state index is 14.6. The number of Topliss-reactive ketones (excluding diaryl/α,β-unsaturated/α-hetero) is 1. The number of rotatable bonds is 9. The smallest absolute Gasteiger partial charge is 0.343 e. The van der Waals surface area contributed by atoms with Crippen molar-refractivity contribution in [1.29, 1.82) is 0 Å². The predicted molar refractivity (Wildman–Crippen MR) is 118 cm³/mol. The van der Waals surface area contributed by atoms with Gasteiger partial charge in [-0.3, -0.25) is 9.69 Å². The summed E-state index contributed by atoms with van der Waals surface area (Å²) in [5, 5.41) is 2.90. The number of methoxy groups -OCH3 is 1. The number of halogens is 1. The highest BCUT2D eigenvalue weighted by molar-refractivity contribution is 6.24. The first kappa shape index (κ1) is 23.4. The largest absolute Gasteiger partial charge is 0.497 e. The number of morpholine rings is 1. The van der Waals surface area contributed by atoms with Crippen LogP contribution in [0.25, 0.3) is 0 Å². The van der Waals surface area contributed by atoms with Crippen LogP contribution in [0.5, 0.6) is 5.75 Å². The van der Waals surface area contributed by atoms with E-state index in [2.05, 4.69) is 10.2 Å². The van der Waals surface area contributed by atoms with Gasteiger partial charge in [0.15, 0.2) is 0 Å². The van der Waals surface area contributed by atoms with Crippen molar-refractivity contribution < 1.29 is 28.2 Å². The highest BCUT2D eigenvalue weighted by Gasteiger charge is 2.24. The molecule has 0 unspecified atom stereocenters. The molecule has 0 amide bonds. The van der Waals surface area contributed by atoms with Gasteiger partial charge in [-0.1, -0.05) is 12.1 Å². The molecule has 1 fully saturated rings. The van der Waals surface area contributed by atoms with Gasteiger partial charge in [0.05, 0.1) is 32.5 Å². The standard InChI is InChI=1S/C24H27FN2O5/c1-3-32-24(29)21(15-26-18-5-4-6-19(14-18)30-2)23(28)20-13-17(7-8-22(20)25)16-27-9-11-31-12-10-27/h4-8,13-15,26H,3,9-12,16H2,1-2H3. The lowest BCUT2D eigenvalue weighted by Crippen LogP contribution is -2.35. The fourth-order valence-corrected chi connectivity index (χ4v) is 3.30. The fourth-order valence-electron chi connectivity index (χ4n) is 3.30. The quantitative estimate of drug-likeness (QED) is 0.210. The molecule has 1 saturated heterocycles. The van der Waals surface area contributed by atoms with Crippen LogP contribution in [0.15, 0.2) is 54.2 Å². The van der Waals surface area contributed by atoms with Crippen LogP contribution in [-0.2, 0) is 20.8 Å².